The number of carboxylic acid groups (broad SMARTS) is 1. The van der Waals surface area contributed by atoms with E-state index < -0.39 is 5.97 Å². The maximum absolute atomic E-state index is 11.2. The third-order valence-electron chi connectivity index (χ3n) is 2.86. The molecular weight excluding hydrogens is 282 g/mol. The Bertz CT molecular complexity index is 482. The Morgan fingerprint density at radius 3 is 2.88 bits per heavy atom. The van der Waals surface area contributed by atoms with E-state index in [1.165, 1.54) is 5.57 Å². The lowest BCUT2D eigenvalue weighted by Crippen LogP contribution is -2.30. The smallest absolute Gasteiger partial charge is 0.337 e. The van der Waals surface area contributed by atoms with Crippen molar-refractivity contribution in [1.29, 1.82) is 0 Å². The Morgan fingerprint density at radius 1 is 1.47 bits per heavy atom. The monoisotopic (exact) mass is 295 g/mol. The summed E-state index contributed by atoms with van der Waals surface area (Å²) in [7, 11) is 0. The molecule has 2 rings (SSSR count). The maximum atomic E-state index is 11.2. The average Bonchev–Trinajstić information content (AvgIpc) is 2.28. The topological polar surface area (TPSA) is 40.5 Å². The highest BCUT2D eigenvalue weighted by atomic mass is 79.9. The van der Waals surface area contributed by atoms with Crippen LogP contribution < -0.4 is 4.90 Å². The van der Waals surface area contributed by atoms with Gasteiger partial charge in [0.05, 0.1) is 11.3 Å². The van der Waals surface area contributed by atoms with Crippen LogP contribution in [0.25, 0.3) is 0 Å². The van der Waals surface area contributed by atoms with Crippen LogP contribution in [0.1, 0.15) is 23.7 Å². The molecule has 0 amide bonds. The fourth-order valence-corrected chi connectivity index (χ4v) is 2.43. The first-order chi connectivity index (χ1) is 8.08. The highest BCUT2D eigenvalue weighted by Gasteiger charge is 2.18. The van der Waals surface area contributed by atoms with Gasteiger partial charge in [-0.1, -0.05) is 27.6 Å². The lowest BCUT2D eigenvalue weighted by Gasteiger charge is -2.29. The number of benzene rings is 1. The van der Waals surface area contributed by atoms with Gasteiger partial charge in [-0.2, -0.15) is 0 Å². The first-order valence-corrected chi connectivity index (χ1v) is 6.30. The fraction of sp³-hybridized carbons (Fsp3) is 0.308. The van der Waals surface area contributed by atoms with Crippen LogP contribution in [0.5, 0.6) is 0 Å². The molecule has 1 aliphatic heterocycles. The number of aromatic carboxylic acids is 1. The number of hydrogen-bond acceptors (Lipinski definition) is 2. The van der Waals surface area contributed by atoms with Crippen LogP contribution >= 0.6 is 15.9 Å². The molecule has 0 fully saturated rings. The van der Waals surface area contributed by atoms with Crippen molar-refractivity contribution in [2.45, 2.75) is 13.3 Å². The minimum Gasteiger partial charge on any atom is -0.478 e. The molecule has 1 aromatic carbocycles. The minimum absolute atomic E-state index is 0.356. The number of nitrogens with zero attached hydrogens (tertiary/aromatic N) is 1. The lowest BCUT2D eigenvalue weighted by molar-refractivity contribution is 0.0697. The average molecular weight is 296 g/mol. The first-order valence-electron chi connectivity index (χ1n) is 5.51. The largest absolute Gasteiger partial charge is 0.478 e. The van der Waals surface area contributed by atoms with Crippen LogP contribution in [-0.2, 0) is 0 Å². The summed E-state index contributed by atoms with van der Waals surface area (Å²) in [5.41, 5.74) is 2.44. The summed E-state index contributed by atoms with van der Waals surface area (Å²) in [6.07, 6.45) is 3.18. The molecular formula is C13H14BrNO2. The van der Waals surface area contributed by atoms with E-state index in [4.69, 9.17) is 0 Å². The van der Waals surface area contributed by atoms with Gasteiger partial charge in [-0.25, -0.2) is 4.79 Å². The summed E-state index contributed by atoms with van der Waals surface area (Å²) >= 11 is 3.31. The van der Waals surface area contributed by atoms with E-state index in [-0.39, 0.29) is 0 Å². The van der Waals surface area contributed by atoms with Gasteiger partial charge in [0.2, 0.25) is 0 Å². The summed E-state index contributed by atoms with van der Waals surface area (Å²) in [5.74, 6) is -0.881. The van der Waals surface area contributed by atoms with Crippen LogP contribution in [0.15, 0.2) is 34.3 Å². The molecule has 1 heterocycles. The van der Waals surface area contributed by atoms with Crippen molar-refractivity contribution in [2.24, 2.45) is 0 Å². The van der Waals surface area contributed by atoms with Crippen molar-refractivity contribution in [3.8, 4) is 0 Å². The molecule has 1 aromatic rings. The number of halogens is 1. The van der Waals surface area contributed by atoms with Crippen molar-refractivity contribution < 1.29 is 9.90 Å². The summed E-state index contributed by atoms with van der Waals surface area (Å²) in [5, 5.41) is 9.22. The van der Waals surface area contributed by atoms with Crippen molar-refractivity contribution in [3.05, 3.63) is 39.9 Å². The number of carbonyl (C=O) groups is 1. The second-order valence-electron chi connectivity index (χ2n) is 4.23. The zero-order valence-electron chi connectivity index (χ0n) is 9.61. The molecule has 0 aliphatic carbocycles. The van der Waals surface area contributed by atoms with Gasteiger partial charge >= 0.3 is 5.97 Å². The van der Waals surface area contributed by atoms with Crippen molar-refractivity contribution in [2.75, 3.05) is 18.0 Å². The Labute approximate surface area is 109 Å². The summed E-state index contributed by atoms with van der Waals surface area (Å²) in [6.45, 7) is 3.76. The predicted octanol–water partition coefficient (Wildman–Crippen LogP) is 3.30. The molecule has 0 saturated heterocycles. The Hall–Kier alpha value is -1.29. The molecule has 0 atom stereocenters. The van der Waals surface area contributed by atoms with E-state index in [1.807, 2.05) is 12.1 Å². The van der Waals surface area contributed by atoms with Gasteiger partial charge in [-0.3, -0.25) is 0 Å². The number of anilines is 1. The maximum Gasteiger partial charge on any atom is 0.337 e. The fourth-order valence-electron chi connectivity index (χ4n) is 2.07. The molecule has 3 nitrogen and oxygen atoms in total. The van der Waals surface area contributed by atoms with E-state index in [9.17, 15) is 9.90 Å². The van der Waals surface area contributed by atoms with Gasteiger partial charge in [-0.05, 0) is 31.5 Å². The van der Waals surface area contributed by atoms with Gasteiger partial charge in [-0.15, -0.1) is 0 Å². The molecule has 0 unspecified atom stereocenters. The van der Waals surface area contributed by atoms with Crippen molar-refractivity contribution >= 4 is 27.6 Å². The first kappa shape index (κ1) is 12.2. The zero-order valence-corrected chi connectivity index (χ0v) is 11.2. The molecule has 0 spiro atoms. The van der Waals surface area contributed by atoms with Crippen molar-refractivity contribution in [3.63, 3.8) is 0 Å². The highest BCUT2D eigenvalue weighted by molar-refractivity contribution is 9.10. The van der Waals surface area contributed by atoms with Crippen LogP contribution in [0.4, 0.5) is 5.69 Å². The van der Waals surface area contributed by atoms with Crippen LogP contribution in [0.3, 0.4) is 0 Å². The standard InChI is InChI=1S/C13H14BrNO2/c1-9-3-2-6-15(8-9)12-5-4-10(14)7-11(12)13(16)17/h3-5,7H,2,6,8H2,1H3,(H,16,17). The van der Waals surface area contributed by atoms with E-state index in [2.05, 4.69) is 33.8 Å². The molecule has 4 heteroatoms. The van der Waals surface area contributed by atoms with Gasteiger partial charge in [0, 0.05) is 17.6 Å². The number of hydrogen-bond donors (Lipinski definition) is 1. The number of rotatable bonds is 2. The lowest BCUT2D eigenvalue weighted by atomic mass is 10.1. The van der Waals surface area contributed by atoms with E-state index in [0.717, 1.165) is 29.7 Å². The Morgan fingerprint density at radius 2 is 2.24 bits per heavy atom. The SMILES string of the molecule is CC1=CCCN(c2ccc(Br)cc2C(=O)O)C1. The van der Waals surface area contributed by atoms with Crippen molar-refractivity contribution in [1.82, 2.24) is 0 Å². The normalized spacial score (nSPS) is 15.6. The zero-order chi connectivity index (χ0) is 12.4. The molecule has 1 N–H and O–H groups in total. The van der Waals surface area contributed by atoms with Crippen LogP contribution in [0, 0.1) is 0 Å². The molecule has 90 valence electrons. The summed E-state index contributed by atoms with van der Waals surface area (Å²) in [4.78, 5) is 13.4. The Balaban J connectivity index is 2.38. The van der Waals surface area contributed by atoms with E-state index in [0.29, 0.717) is 5.56 Å². The predicted molar refractivity (Wildman–Crippen MR) is 71.7 cm³/mol. The van der Waals surface area contributed by atoms with E-state index >= 15 is 0 Å². The molecule has 0 saturated carbocycles. The van der Waals surface area contributed by atoms with Gasteiger partial charge < -0.3 is 10.0 Å². The van der Waals surface area contributed by atoms with Gasteiger partial charge in [0.15, 0.2) is 0 Å². The molecule has 17 heavy (non-hydrogen) atoms. The molecule has 0 radical (unpaired) electrons. The molecule has 0 bridgehead atoms. The van der Waals surface area contributed by atoms with Gasteiger partial charge in [0.25, 0.3) is 0 Å². The third-order valence-corrected chi connectivity index (χ3v) is 3.36. The summed E-state index contributed by atoms with van der Waals surface area (Å²) in [6, 6.07) is 5.41. The summed E-state index contributed by atoms with van der Waals surface area (Å²) < 4.78 is 0.794. The third kappa shape index (κ3) is 2.69. The van der Waals surface area contributed by atoms with Crippen LogP contribution in [-0.4, -0.2) is 24.2 Å². The highest BCUT2D eigenvalue weighted by Crippen LogP contribution is 2.27. The molecule has 0 aromatic heterocycles. The second kappa shape index (κ2) is 4.92. The minimum atomic E-state index is -0.881. The quantitative estimate of drug-likeness (QED) is 0.851. The van der Waals surface area contributed by atoms with E-state index in [1.54, 1.807) is 6.07 Å². The van der Waals surface area contributed by atoms with Crippen LogP contribution in [0.2, 0.25) is 0 Å². The second-order valence-corrected chi connectivity index (χ2v) is 5.14. The number of carboxylic acids is 1. The molecule has 1 aliphatic rings. The van der Waals surface area contributed by atoms with Gasteiger partial charge in [0.1, 0.15) is 0 Å². The Kier molecular flexibility index (Phi) is 3.52.